The van der Waals surface area contributed by atoms with Crippen LogP contribution in [0.2, 0.25) is 0 Å². The SMILES string of the molecule is CC(C)(C)OC(=O)N1CC[C@H](CCN)C(F)(F)C1. The molecule has 1 saturated heterocycles. The Morgan fingerprint density at radius 2 is 2.11 bits per heavy atom. The molecule has 1 heterocycles. The van der Waals surface area contributed by atoms with Gasteiger partial charge in [-0.15, -0.1) is 0 Å². The van der Waals surface area contributed by atoms with E-state index >= 15 is 0 Å². The standard InChI is InChI=1S/C12H22F2N2O2/c1-11(2,3)18-10(17)16-7-5-9(4-6-15)12(13,14)8-16/h9H,4-8,15H2,1-3H3/t9-/m0/s1. The van der Waals surface area contributed by atoms with E-state index in [1.165, 1.54) is 0 Å². The van der Waals surface area contributed by atoms with Crippen LogP contribution in [-0.4, -0.2) is 42.2 Å². The maximum atomic E-state index is 13.8. The summed E-state index contributed by atoms with van der Waals surface area (Å²) in [7, 11) is 0. The number of hydrogen-bond donors (Lipinski definition) is 1. The van der Waals surface area contributed by atoms with E-state index < -0.39 is 30.1 Å². The molecule has 0 radical (unpaired) electrons. The molecule has 0 saturated carbocycles. The fourth-order valence-corrected chi connectivity index (χ4v) is 2.02. The van der Waals surface area contributed by atoms with Gasteiger partial charge in [-0.25, -0.2) is 13.6 Å². The number of ether oxygens (including phenoxy) is 1. The van der Waals surface area contributed by atoms with Crippen molar-refractivity contribution in [2.24, 2.45) is 11.7 Å². The van der Waals surface area contributed by atoms with Crippen molar-refractivity contribution in [1.82, 2.24) is 4.90 Å². The van der Waals surface area contributed by atoms with Gasteiger partial charge in [0.2, 0.25) is 0 Å². The van der Waals surface area contributed by atoms with Crippen molar-refractivity contribution in [1.29, 1.82) is 0 Å². The number of rotatable bonds is 2. The molecule has 1 rings (SSSR count). The predicted molar refractivity (Wildman–Crippen MR) is 64.5 cm³/mol. The third-order valence-corrected chi connectivity index (χ3v) is 2.91. The molecule has 0 aliphatic carbocycles. The van der Waals surface area contributed by atoms with Crippen molar-refractivity contribution in [3.05, 3.63) is 0 Å². The summed E-state index contributed by atoms with van der Waals surface area (Å²) in [4.78, 5) is 12.8. The van der Waals surface area contributed by atoms with E-state index in [1.54, 1.807) is 20.8 Å². The first-order valence-electron chi connectivity index (χ1n) is 6.21. The first-order valence-corrected chi connectivity index (χ1v) is 6.21. The highest BCUT2D eigenvalue weighted by molar-refractivity contribution is 5.68. The number of carbonyl (C=O) groups excluding carboxylic acids is 1. The molecule has 106 valence electrons. The normalized spacial score (nSPS) is 23.9. The van der Waals surface area contributed by atoms with Crippen LogP contribution in [-0.2, 0) is 4.74 Å². The van der Waals surface area contributed by atoms with Crippen LogP contribution in [0.3, 0.4) is 0 Å². The fourth-order valence-electron chi connectivity index (χ4n) is 2.02. The van der Waals surface area contributed by atoms with Crippen molar-refractivity contribution in [2.75, 3.05) is 19.6 Å². The number of likely N-dealkylation sites (tertiary alicyclic amines) is 1. The van der Waals surface area contributed by atoms with E-state index in [0.717, 1.165) is 4.90 Å². The number of alkyl halides is 2. The molecular formula is C12H22F2N2O2. The van der Waals surface area contributed by atoms with E-state index in [9.17, 15) is 13.6 Å². The smallest absolute Gasteiger partial charge is 0.410 e. The summed E-state index contributed by atoms with van der Waals surface area (Å²) >= 11 is 0. The summed E-state index contributed by atoms with van der Waals surface area (Å²) in [5, 5.41) is 0. The van der Waals surface area contributed by atoms with Crippen LogP contribution in [0.25, 0.3) is 0 Å². The minimum Gasteiger partial charge on any atom is -0.444 e. The molecule has 1 aliphatic rings. The third-order valence-electron chi connectivity index (χ3n) is 2.91. The zero-order valence-electron chi connectivity index (χ0n) is 11.2. The lowest BCUT2D eigenvalue weighted by atomic mass is 9.90. The largest absolute Gasteiger partial charge is 0.444 e. The summed E-state index contributed by atoms with van der Waals surface area (Å²) in [5.74, 6) is -3.62. The Morgan fingerprint density at radius 3 is 2.56 bits per heavy atom. The van der Waals surface area contributed by atoms with Crippen LogP contribution in [0.5, 0.6) is 0 Å². The van der Waals surface area contributed by atoms with Crippen molar-refractivity contribution in [3.8, 4) is 0 Å². The van der Waals surface area contributed by atoms with Crippen LogP contribution >= 0.6 is 0 Å². The van der Waals surface area contributed by atoms with Crippen molar-refractivity contribution in [2.45, 2.75) is 45.1 Å². The molecule has 0 aromatic heterocycles. The van der Waals surface area contributed by atoms with Gasteiger partial charge < -0.3 is 15.4 Å². The van der Waals surface area contributed by atoms with Gasteiger partial charge in [0.05, 0.1) is 6.54 Å². The van der Waals surface area contributed by atoms with Gasteiger partial charge in [0, 0.05) is 12.5 Å². The second-order valence-electron chi connectivity index (χ2n) is 5.73. The summed E-state index contributed by atoms with van der Waals surface area (Å²) < 4.78 is 32.7. The van der Waals surface area contributed by atoms with Gasteiger partial charge in [0.1, 0.15) is 5.60 Å². The van der Waals surface area contributed by atoms with Gasteiger partial charge in [0.25, 0.3) is 5.92 Å². The Balaban J connectivity index is 2.60. The molecule has 0 spiro atoms. The van der Waals surface area contributed by atoms with E-state index in [2.05, 4.69) is 0 Å². The minimum atomic E-state index is -2.88. The number of amides is 1. The van der Waals surface area contributed by atoms with Crippen LogP contribution in [0.1, 0.15) is 33.6 Å². The van der Waals surface area contributed by atoms with Crippen molar-refractivity contribution in [3.63, 3.8) is 0 Å². The molecule has 1 atom stereocenters. The lowest BCUT2D eigenvalue weighted by Gasteiger charge is -2.38. The van der Waals surface area contributed by atoms with Gasteiger partial charge >= 0.3 is 6.09 Å². The molecule has 0 aromatic rings. The Morgan fingerprint density at radius 1 is 1.50 bits per heavy atom. The van der Waals surface area contributed by atoms with E-state index in [4.69, 9.17) is 10.5 Å². The number of nitrogens with two attached hydrogens (primary N) is 1. The lowest BCUT2D eigenvalue weighted by molar-refractivity contribution is -0.111. The topological polar surface area (TPSA) is 55.6 Å². The van der Waals surface area contributed by atoms with Gasteiger partial charge in [-0.2, -0.15) is 0 Å². The number of nitrogens with zero attached hydrogens (tertiary/aromatic N) is 1. The summed E-state index contributed by atoms with van der Waals surface area (Å²) in [6.07, 6.45) is -0.119. The average Bonchev–Trinajstić information content (AvgIpc) is 2.18. The van der Waals surface area contributed by atoms with Gasteiger partial charge in [-0.05, 0) is 40.2 Å². The lowest BCUT2D eigenvalue weighted by Crippen LogP contribution is -2.52. The summed E-state index contributed by atoms with van der Waals surface area (Å²) in [6, 6.07) is 0. The van der Waals surface area contributed by atoms with Crippen LogP contribution in [0.15, 0.2) is 0 Å². The monoisotopic (exact) mass is 264 g/mol. The Hall–Kier alpha value is -0.910. The number of hydrogen-bond acceptors (Lipinski definition) is 3. The Kier molecular flexibility index (Phi) is 4.53. The average molecular weight is 264 g/mol. The fraction of sp³-hybridized carbons (Fsp3) is 0.917. The molecule has 0 unspecified atom stereocenters. The van der Waals surface area contributed by atoms with E-state index in [1.807, 2.05) is 0 Å². The zero-order valence-corrected chi connectivity index (χ0v) is 11.2. The number of piperidine rings is 1. The molecule has 1 fully saturated rings. The molecule has 6 heteroatoms. The van der Waals surface area contributed by atoms with Crippen LogP contribution in [0.4, 0.5) is 13.6 Å². The van der Waals surface area contributed by atoms with Gasteiger partial charge in [0.15, 0.2) is 0 Å². The number of carbonyl (C=O) groups is 1. The second kappa shape index (κ2) is 5.38. The minimum absolute atomic E-state index is 0.243. The molecule has 0 aromatic carbocycles. The first kappa shape index (κ1) is 15.1. The highest BCUT2D eigenvalue weighted by Crippen LogP contribution is 2.35. The summed E-state index contributed by atoms with van der Waals surface area (Å²) in [5.41, 5.74) is 4.65. The highest BCUT2D eigenvalue weighted by Gasteiger charge is 2.45. The number of halogens is 2. The van der Waals surface area contributed by atoms with Crippen molar-refractivity contribution >= 4 is 6.09 Å². The predicted octanol–water partition coefficient (Wildman–Crippen LogP) is 2.23. The van der Waals surface area contributed by atoms with Gasteiger partial charge in [-0.1, -0.05) is 0 Å². The molecule has 0 bridgehead atoms. The maximum absolute atomic E-state index is 13.8. The van der Waals surface area contributed by atoms with E-state index in [0.29, 0.717) is 6.54 Å². The highest BCUT2D eigenvalue weighted by atomic mass is 19.3. The second-order valence-corrected chi connectivity index (χ2v) is 5.73. The molecule has 2 N–H and O–H groups in total. The molecular weight excluding hydrogens is 242 g/mol. The molecule has 1 amide bonds. The van der Waals surface area contributed by atoms with Crippen LogP contribution < -0.4 is 5.73 Å². The molecule has 18 heavy (non-hydrogen) atoms. The molecule has 4 nitrogen and oxygen atoms in total. The van der Waals surface area contributed by atoms with Gasteiger partial charge in [-0.3, -0.25) is 0 Å². The van der Waals surface area contributed by atoms with Crippen molar-refractivity contribution < 1.29 is 18.3 Å². The Labute approximate surface area is 106 Å². The first-order chi connectivity index (χ1) is 8.15. The van der Waals surface area contributed by atoms with E-state index in [-0.39, 0.29) is 19.4 Å². The quantitative estimate of drug-likeness (QED) is 0.832. The third kappa shape index (κ3) is 4.08. The van der Waals surface area contributed by atoms with Crippen LogP contribution in [0, 0.1) is 5.92 Å². The molecule has 1 aliphatic heterocycles. The zero-order chi connectivity index (χ0) is 14.0. The maximum Gasteiger partial charge on any atom is 0.410 e. The summed E-state index contributed by atoms with van der Waals surface area (Å²) in [6.45, 7) is 5.10. The Bertz CT molecular complexity index is 303.